The van der Waals surface area contributed by atoms with Crippen molar-refractivity contribution in [1.82, 2.24) is 4.90 Å². The molecule has 5 heteroatoms. The third-order valence-corrected chi connectivity index (χ3v) is 2.85. The molecule has 0 atom stereocenters. The molecule has 1 aliphatic heterocycles. The van der Waals surface area contributed by atoms with Gasteiger partial charge in [0, 0.05) is 18.7 Å². The van der Waals surface area contributed by atoms with Gasteiger partial charge in [0.15, 0.2) is 0 Å². The van der Waals surface area contributed by atoms with E-state index < -0.39 is 11.6 Å². The molecule has 1 aromatic rings. The first-order valence-electron chi connectivity index (χ1n) is 5.54. The molecule has 2 rings (SSSR count). The number of esters is 1. The van der Waals surface area contributed by atoms with Gasteiger partial charge in [-0.05, 0) is 19.9 Å². The quantitative estimate of drug-likeness (QED) is 0.795. The predicted molar refractivity (Wildman–Crippen MR) is 60.7 cm³/mol. The third-order valence-electron chi connectivity index (χ3n) is 2.85. The van der Waals surface area contributed by atoms with E-state index >= 15 is 0 Å². The minimum atomic E-state index is -0.590. The summed E-state index contributed by atoms with van der Waals surface area (Å²) in [5, 5.41) is 9.60. The van der Waals surface area contributed by atoms with Crippen molar-refractivity contribution in [2.75, 3.05) is 20.2 Å². The van der Waals surface area contributed by atoms with Crippen LogP contribution in [-0.4, -0.2) is 41.8 Å². The van der Waals surface area contributed by atoms with Crippen molar-refractivity contribution in [3.8, 4) is 0 Å². The third kappa shape index (κ3) is 2.50. The van der Waals surface area contributed by atoms with Crippen LogP contribution in [0.15, 0.2) is 10.5 Å². The molecule has 0 aromatic carbocycles. The van der Waals surface area contributed by atoms with Crippen LogP contribution in [0.5, 0.6) is 0 Å². The number of hydrogen-bond acceptors (Lipinski definition) is 5. The standard InChI is InChI=1S/C12H17NO4/c1-8-4-9(17-10(8)11(14)16-3)5-13-6-12(2,15)7-13/h4,15H,5-7H2,1-3H3. The number of β-amino-alcohol motifs (C(OH)–C–C–N with tert-alkyl or cyclic N) is 1. The van der Waals surface area contributed by atoms with E-state index in [1.54, 1.807) is 6.92 Å². The molecule has 0 bridgehead atoms. The summed E-state index contributed by atoms with van der Waals surface area (Å²) in [5.74, 6) is 0.525. The van der Waals surface area contributed by atoms with Crippen molar-refractivity contribution >= 4 is 5.97 Å². The van der Waals surface area contributed by atoms with Crippen LogP contribution in [0, 0.1) is 6.92 Å². The van der Waals surface area contributed by atoms with Gasteiger partial charge >= 0.3 is 5.97 Å². The maximum absolute atomic E-state index is 11.4. The molecule has 1 N–H and O–H groups in total. The zero-order chi connectivity index (χ0) is 12.6. The highest BCUT2D eigenvalue weighted by Crippen LogP contribution is 2.24. The normalized spacial score (nSPS) is 18.8. The number of likely N-dealkylation sites (tertiary alicyclic amines) is 1. The maximum atomic E-state index is 11.4. The average molecular weight is 239 g/mol. The van der Waals surface area contributed by atoms with Crippen LogP contribution in [-0.2, 0) is 11.3 Å². The fourth-order valence-electron chi connectivity index (χ4n) is 2.17. The van der Waals surface area contributed by atoms with Gasteiger partial charge in [0.2, 0.25) is 5.76 Å². The number of carbonyl (C=O) groups is 1. The lowest BCUT2D eigenvalue weighted by Crippen LogP contribution is -2.59. The summed E-state index contributed by atoms with van der Waals surface area (Å²) in [5.41, 5.74) is 0.187. The molecule has 5 nitrogen and oxygen atoms in total. The van der Waals surface area contributed by atoms with Crippen LogP contribution in [0.3, 0.4) is 0 Å². The summed E-state index contributed by atoms with van der Waals surface area (Å²) in [7, 11) is 1.33. The van der Waals surface area contributed by atoms with Crippen LogP contribution in [0.25, 0.3) is 0 Å². The Morgan fingerprint density at radius 2 is 2.29 bits per heavy atom. The molecule has 17 heavy (non-hydrogen) atoms. The second-order valence-electron chi connectivity index (χ2n) is 4.86. The lowest BCUT2D eigenvalue weighted by Gasteiger charge is -2.43. The van der Waals surface area contributed by atoms with Crippen LogP contribution < -0.4 is 0 Å². The summed E-state index contributed by atoms with van der Waals surface area (Å²) in [6.07, 6.45) is 0. The number of rotatable bonds is 3. The molecule has 1 fully saturated rings. The first-order chi connectivity index (χ1) is 7.91. The zero-order valence-corrected chi connectivity index (χ0v) is 10.3. The Morgan fingerprint density at radius 1 is 1.65 bits per heavy atom. The SMILES string of the molecule is COC(=O)c1oc(CN2CC(C)(O)C2)cc1C. The van der Waals surface area contributed by atoms with E-state index in [0.29, 0.717) is 19.6 Å². The molecule has 0 spiro atoms. The Bertz CT molecular complexity index is 428. The van der Waals surface area contributed by atoms with Gasteiger partial charge in [-0.2, -0.15) is 0 Å². The molecular weight excluding hydrogens is 222 g/mol. The molecule has 0 aliphatic carbocycles. The van der Waals surface area contributed by atoms with Gasteiger partial charge in [0.25, 0.3) is 0 Å². The Kier molecular flexibility index (Phi) is 2.97. The van der Waals surface area contributed by atoms with Gasteiger partial charge in [-0.15, -0.1) is 0 Å². The van der Waals surface area contributed by atoms with Crippen molar-refractivity contribution < 1.29 is 19.1 Å². The summed E-state index contributed by atoms with van der Waals surface area (Å²) < 4.78 is 10.1. The number of hydrogen-bond donors (Lipinski definition) is 1. The minimum Gasteiger partial charge on any atom is -0.463 e. The molecule has 2 heterocycles. The van der Waals surface area contributed by atoms with E-state index in [1.807, 2.05) is 13.0 Å². The molecule has 0 radical (unpaired) electrons. The van der Waals surface area contributed by atoms with Gasteiger partial charge in [-0.3, -0.25) is 4.90 Å². The Hall–Kier alpha value is -1.33. The fraction of sp³-hybridized carbons (Fsp3) is 0.583. The zero-order valence-electron chi connectivity index (χ0n) is 10.3. The van der Waals surface area contributed by atoms with E-state index in [9.17, 15) is 9.90 Å². The topological polar surface area (TPSA) is 62.9 Å². The van der Waals surface area contributed by atoms with E-state index in [-0.39, 0.29) is 5.76 Å². The maximum Gasteiger partial charge on any atom is 0.374 e. The number of nitrogens with zero attached hydrogens (tertiary/aromatic N) is 1. The van der Waals surface area contributed by atoms with E-state index in [4.69, 9.17) is 4.42 Å². The molecule has 94 valence electrons. The van der Waals surface area contributed by atoms with Gasteiger partial charge in [-0.25, -0.2) is 4.79 Å². The first kappa shape index (κ1) is 12.1. The Labute approximate surface area is 100.0 Å². The van der Waals surface area contributed by atoms with Crippen LogP contribution in [0.4, 0.5) is 0 Å². The first-order valence-corrected chi connectivity index (χ1v) is 5.54. The van der Waals surface area contributed by atoms with E-state index in [1.165, 1.54) is 7.11 Å². The van der Waals surface area contributed by atoms with Crippen molar-refractivity contribution in [2.24, 2.45) is 0 Å². The van der Waals surface area contributed by atoms with Crippen molar-refractivity contribution in [3.63, 3.8) is 0 Å². The van der Waals surface area contributed by atoms with E-state index in [0.717, 1.165) is 11.3 Å². The lowest BCUT2D eigenvalue weighted by atomic mass is 9.97. The average Bonchev–Trinajstić information content (AvgIpc) is 2.56. The summed E-state index contributed by atoms with van der Waals surface area (Å²) in [6, 6.07) is 1.83. The predicted octanol–water partition coefficient (Wildman–Crippen LogP) is 0.941. The number of ether oxygens (including phenoxy) is 1. The largest absolute Gasteiger partial charge is 0.463 e. The minimum absolute atomic E-state index is 0.259. The molecular formula is C12H17NO4. The van der Waals surface area contributed by atoms with Crippen molar-refractivity contribution in [2.45, 2.75) is 26.0 Å². The highest BCUT2D eigenvalue weighted by atomic mass is 16.5. The van der Waals surface area contributed by atoms with Crippen LogP contribution in [0.1, 0.15) is 28.8 Å². The second-order valence-corrected chi connectivity index (χ2v) is 4.86. The van der Waals surface area contributed by atoms with E-state index in [2.05, 4.69) is 9.64 Å². The van der Waals surface area contributed by atoms with Crippen LogP contribution >= 0.6 is 0 Å². The number of carbonyl (C=O) groups excluding carboxylic acids is 1. The lowest BCUT2D eigenvalue weighted by molar-refractivity contribution is -0.0892. The van der Waals surface area contributed by atoms with Crippen molar-refractivity contribution in [3.05, 3.63) is 23.2 Å². The number of furan rings is 1. The molecule has 0 saturated carbocycles. The van der Waals surface area contributed by atoms with Gasteiger partial charge in [-0.1, -0.05) is 0 Å². The molecule has 1 aromatic heterocycles. The summed E-state index contributed by atoms with van der Waals surface area (Å²) in [6.45, 7) is 5.47. The summed E-state index contributed by atoms with van der Waals surface area (Å²) >= 11 is 0. The smallest absolute Gasteiger partial charge is 0.374 e. The highest BCUT2D eigenvalue weighted by molar-refractivity contribution is 5.87. The van der Waals surface area contributed by atoms with Gasteiger partial charge in [0.05, 0.1) is 19.3 Å². The Morgan fingerprint density at radius 3 is 2.82 bits per heavy atom. The number of methoxy groups -OCH3 is 1. The van der Waals surface area contributed by atoms with Gasteiger partial charge in [0.1, 0.15) is 5.76 Å². The summed E-state index contributed by atoms with van der Waals surface area (Å²) in [4.78, 5) is 13.4. The second kappa shape index (κ2) is 4.16. The highest BCUT2D eigenvalue weighted by Gasteiger charge is 2.36. The van der Waals surface area contributed by atoms with Gasteiger partial charge < -0.3 is 14.3 Å². The number of aryl methyl sites for hydroxylation is 1. The molecule has 0 amide bonds. The molecule has 1 saturated heterocycles. The Balaban J connectivity index is 2.01. The van der Waals surface area contributed by atoms with Crippen LogP contribution in [0.2, 0.25) is 0 Å². The number of aliphatic hydroxyl groups is 1. The molecule has 0 unspecified atom stereocenters. The monoisotopic (exact) mass is 239 g/mol. The fourth-order valence-corrected chi connectivity index (χ4v) is 2.17. The van der Waals surface area contributed by atoms with Crippen molar-refractivity contribution in [1.29, 1.82) is 0 Å². The molecule has 1 aliphatic rings.